The molecule has 7 heteroatoms. The summed E-state index contributed by atoms with van der Waals surface area (Å²) in [5.74, 6) is -0.236. The summed E-state index contributed by atoms with van der Waals surface area (Å²) in [6, 6.07) is 16.4. The first-order chi connectivity index (χ1) is 15.0. The van der Waals surface area contributed by atoms with Gasteiger partial charge in [-0.15, -0.1) is 0 Å². The largest absolute Gasteiger partial charge is 0.493 e. The quantitative estimate of drug-likeness (QED) is 0.360. The number of aromatic hydroxyl groups is 1. The normalized spacial score (nSPS) is 12.2. The monoisotopic (exact) mass is 437 g/mol. The van der Waals surface area contributed by atoms with Gasteiger partial charge in [0.1, 0.15) is 0 Å². The second kappa shape index (κ2) is 7.82. The predicted molar refractivity (Wildman–Crippen MR) is 120 cm³/mol. The average molecular weight is 437 g/mol. The number of hydrogen-bond donors (Lipinski definition) is 2. The van der Waals surface area contributed by atoms with Gasteiger partial charge in [-0.05, 0) is 41.3 Å². The number of nitrogens with one attached hydrogen (secondary N) is 1. The lowest BCUT2D eigenvalue weighted by molar-refractivity contribution is -0.137. The Labute approximate surface area is 183 Å². The van der Waals surface area contributed by atoms with E-state index in [0.29, 0.717) is 16.6 Å². The van der Waals surface area contributed by atoms with E-state index in [-0.39, 0.29) is 22.6 Å². The standard InChI is InChI=1S/C25H22F3N3O/c1-24(2,3)16-7-9-17(10-8-16)30-21-14-22(32)31-20-13-15(6-11-18(20)21)23-19(25(26,27)28)5-4-12-29-23/h4-14H,1-3H3,(H2,30,31,32). The zero-order valence-electron chi connectivity index (χ0n) is 17.8. The number of alkyl halides is 3. The van der Waals surface area contributed by atoms with Crippen LogP contribution in [0.5, 0.6) is 5.88 Å². The first-order valence-corrected chi connectivity index (χ1v) is 10.1. The van der Waals surface area contributed by atoms with Gasteiger partial charge in [0.15, 0.2) is 0 Å². The number of benzene rings is 2. The molecule has 0 aliphatic heterocycles. The molecule has 0 spiro atoms. The van der Waals surface area contributed by atoms with Crippen LogP contribution >= 0.6 is 0 Å². The number of anilines is 2. The van der Waals surface area contributed by atoms with Crippen LogP contribution < -0.4 is 5.32 Å². The minimum absolute atomic E-state index is 0.0251. The molecule has 2 heterocycles. The third-order valence-electron chi connectivity index (χ3n) is 5.21. The SMILES string of the molecule is CC(C)(C)c1ccc(Nc2cc(O)nc3cc(-c4ncccc4C(F)(F)F)ccc23)cc1. The Morgan fingerprint density at radius 2 is 1.62 bits per heavy atom. The molecule has 0 bridgehead atoms. The van der Waals surface area contributed by atoms with Crippen molar-refractivity contribution in [2.24, 2.45) is 0 Å². The van der Waals surface area contributed by atoms with Gasteiger partial charge in [0.2, 0.25) is 5.88 Å². The number of aromatic nitrogens is 2. The van der Waals surface area contributed by atoms with Gasteiger partial charge in [-0.2, -0.15) is 13.2 Å². The van der Waals surface area contributed by atoms with Gasteiger partial charge in [-0.3, -0.25) is 4.98 Å². The molecule has 164 valence electrons. The molecule has 4 nitrogen and oxygen atoms in total. The van der Waals surface area contributed by atoms with Gasteiger partial charge in [0.05, 0.1) is 22.5 Å². The fourth-order valence-electron chi connectivity index (χ4n) is 3.54. The molecule has 0 fully saturated rings. The van der Waals surface area contributed by atoms with Crippen LogP contribution in [0.25, 0.3) is 22.2 Å². The van der Waals surface area contributed by atoms with Crippen molar-refractivity contribution in [1.82, 2.24) is 9.97 Å². The number of rotatable bonds is 3. The summed E-state index contributed by atoms with van der Waals surface area (Å²) >= 11 is 0. The minimum atomic E-state index is -4.53. The van der Waals surface area contributed by atoms with Gasteiger partial charge in [-0.25, -0.2) is 4.98 Å². The summed E-state index contributed by atoms with van der Waals surface area (Å²) in [7, 11) is 0. The fourth-order valence-corrected chi connectivity index (χ4v) is 3.54. The smallest absolute Gasteiger partial charge is 0.418 e. The van der Waals surface area contributed by atoms with Crippen LogP contribution in [0.2, 0.25) is 0 Å². The van der Waals surface area contributed by atoms with Crippen molar-refractivity contribution in [2.45, 2.75) is 32.4 Å². The van der Waals surface area contributed by atoms with E-state index in [1.54, 1.807) is 12.1 Å². The van der Waals surface area contributed by atoms with Gasteiger partial charge in [0.25, 0.3) is 0 Å². The highest BCUT2D eigenvalue weighted by Crippen LogP contribution is 2.37. The molecular weight excluding hydrogens is 415 g/mol. The highest BCUT2D eigenvalue weighted by Gasteiger charge is 2.34. The Morgan fingerprint density at radius 1 is 0.906 bits per heavy atom. The molecule has 2 aromatic carbocycles. The zero-order valence-corrected chi connectivity index (χ0v) is 17.8. The van der Waals surface area contributed by atoms with Crippen molar-refractivity contribution >= 4 is 22.3 Å². The van der Waals surface area contributed by atoms with Crippen molar-refractivity contribution in [3.05, 3.63) is 78.0 Å². The lowest BCUT2D eigenvalue weighted by atomic mass is 9.87. The maximum atomic E-state index is 13.4. The first-order valence-electron chi connectivity index (χ1n) is 10.1. The maximum Gasteiger partial charge on any atom is 0.418 e. The summed E-state index contributed by atoms with van der Waals surface area (Å²) < 4.78 is 40.2. The van der Waals surface area contributed by atoms with Crippen LogP contribution in [0, 0.1) is 0 Å². The first kappa shape index (κ1) is 21.6. The Morgan fingerprint density at radius 3 is 2.28 bits per heavy atom. The van der Waals surface area contributed by atoms with E-state index in [4.69, 9.17) is 0 Å². The lowest BCUT2D eigenvalue weighted by Crippen LogP contribution is -2.10. The van der Waals surface area contributed by atoms with Crippen LogP contribution in [0.4, 0.5) is 24.5 Å². The number of pyridine rings is 2. The zero-order chi connectivity index (χ0) is 23.1. The molecule has 0 amide bonds. The molecule has 2 N–H and O–H groups in total. The van der Waals surface area contributed by atoms with Crippen molar-refractivity contribution in [1.29, 1.82) is 0 Å². The van der Waals surface area contributed by atoms with Crippen molar-refractivity contribution < 1.29 is 18.3 Å². The second-order valence-corrected chi connectivity index (χ2v) is 8.61. The maximum absolute atomic E-state index is 13.4. The molecule has 0 atom stereocenters. The van der Waals surface area contributed by atoms with Gasteiger partial charge in [-0.1, -0.05) is 45.0 Å². The molecule has 2 aromatic heterocycles. The summed E-state index contributed by atoms with van der Waals surface area (Å²) in [5.41, 5.74) is 2.25. The molecule has 0 saturated carbocycles. The van der Waals surface area contributed by atoms with E-state index in [2.05, 4.69) is 36.1 Å². The van der Waals surface area contributed by atoms with Crippen LogP contribution in [-0.4, -0.2) is 15.1 Å². The molecule has 0 aliphatic carbocycles. The van der Waals surface area contributed by atoms with E-state index < -0.39 is 11.7 Å². The highest BCUT2D eigenvalue weighted by atomic mass is 19.4. The summed E-state index contributed by atoms with van der Waals surface area (Å²) in [6.07, 6.45) is -3.21. The highest BCUT2D eigenvalue weighted by molar-refractivity contribution is 5.96. The Hall–Kier alpha value is -3.61. The van der Waals surface area contributed by atoms with Gasteiger partial charge >= 0.3 is 6.18 Å². The number of hydrogen-bond acceptors (Lipinski definition) is 4. The van der Waals surface area contributed by atoms with Crippen LogP contribution in [0.15, 0.2) is 66.9 Å². The third kappa shape index (κ3) is 4.37. The predicted octanol–water partition coefficient (Wildman–Crippen LogP) is 7.06. The minimum Gasteiger partial charge on any atom is -0.493 e. The van der Waals surface area contributed by atoms with Crippen molar-refractivity contribution in [3.8, 4) is 17.1 Å². The molecule has 0 radical (unpaired) electrons. The topological polar surface area (TPSA) is 58.0 Å². The van der Waals surface area contributed by atoms with Crippen LogP contribution in [0.3, 0.4) is 0 Å². The van der Waals surface area contributed by atoms with Crippen LogP contribution in [-0.2, 0) is 11.6 Å². The number of nitrogens with zero attached hydrogens (tertiary/aromatic N) is 2. The fraction of sp³-hybridized carbons (Fsp3) is 0.200. The molecule has 0 aliphatic rings. The molecular formula is C25H22F3N3O. The summed E-state index contributed by atoms with van der Waals surface area (Å²) in [6.45, 7) is 6.40. The molecule has 4 aromatic rings. The molecule has 0 saturated heterocycles. The Kier molecular flexibility index (Phi) is 5.28. The average Bonchev–Trinajstić information content (AvgIpc) is 2.72. The van der Waals surface area contributed by atoms with Crippen molar-refractivity contribution in [2.75, 3.05) is 5.32 Å². The Balaban J connectivity index is 1.75. The third-order valence-corrected chi connectivity index (χ3v) is 5.21. The molecule has 0 unspecified atom stereocenters. The van der Waals surface area contributed by atoms with E-state index in [1.807, 2.05) is 24.3 Å². The Bertz CT molecular complexity index is 1280. The second-order valence-electron chi connectivity index (χ2n) is 8.61. The van der Waals surface area contributed by atoms with Gasteiger partial charge in [0, 0.05) is 28.9 Å². The summed E-state index contributed by atoms with van der Waals surface area (Å²) in [4.78, 5) is 8.05. The molecule has 32 heavy (non-hydrogen) atoms. The van der Waals surface area contributed by atoms with E-state index in [9.17, 15) is 18.3 Å². The van der Waals surface area contributed by atoms with E-state index in [1.165, 1.54) is 30.0 Å². The lowest BCUT2D eigenvalue weighted by Gasteiger charge is -2.19. The molecule has 4 rings (SSSR count). The van der Waals surface area contributed by atoms with Crippen LogP contribution in [0.1, 0.15) is 31.9 Å². The number of fused-ring (bicyclic) bond motifs is 1. The van der Waals surface area contributed by atoms with E-state index in [0.717, 1.165) is 11.8 Å². The van der Waals surface area contributed by atoms with Crippen molar-refractivity contribution in [3.63, 3.8) is 0 Å². The number of halogens is 3. The van der Waals surface area contributed by atoms with Gasteiger partial charge < -0.3 is 10.4 Å². The van der Waals surface area contributed by atoms with E-state index >= 15 is 0 Å². The summed E-state index contributed by atoms with van der Waals surface area (Å²) in [5, 5.41) is 14.1.